The van der Waals surface area contributed by atoms with Crippen LogP contribution in [0, 0.1) is 0 Å². The highest BCUT2D eigenvalue weighted by molar-refractivity contribution is 6.21. The van der Waals surface area contributed by atoms with Crippen LogP contribution in [-0.4, -0.2) is 44.1 Å². The van der Waals surface area contributed by atoms with E-state index in [9.17, 15) is 29.1 Å². The third-order valence-electron chi connectivity index (χ3n) is 3.10. The first-order chi connectivity index (χ1) is 11.7. The number of pyridine rings is 1. The number of allylic oxidation sites excluding steroid dienone is 2. The summed E-state index contributed by atoms with van der Waals surface area (Å²) in [7, 11) is 0. The van der Waals surface area contributed by atoms with E-state index in [2.05, 4.69) is 0 Å². The number of H-pyrrole nitrogens is 1. The summed E-state index contributed by atoms with van der Waals surface area (Å²) in [5.41, 5.74) is -2.45. The molecule has 0 atom stereocenters. The second kappa shape index (κ2) is 6.66. The Balaban J connectivity index is 2.48. The smallest absolute Gasteiger partial charge is 0.336 e. The summed E-state index contributed by atoms with van der Waals surface area (Å²) in [4.78, 5) is 58.3. The predicted molar refractivity (Wildman–Crippen MR) is 81.7 cm³/mol. The largest absolute Gasteiger partial charge is 0.494 e. The van der Waals surface area contributed by atoms with E-state index >= 15 is 0 Å². The van der Waals surface area contributed by atoms with Gasteiger partial charge in [-0.2, -0.15) is 0 Å². The first-order valence-corrected chi connectivity index (χ1v) is 6.59. The fourth-order valence-corrected chi connectivity index (χ4v) is 2.03. The third kappa shape index (κ3) is 3.69. The fourth-order valence-electron chi connectivity index (χ4n) is 2.03. The number of carbonyl (C=O) groups is 4. The molecule has 128 valence electrons. The van der Waals surface area contributed by atoms with Gasteiger partial charge >= 0.3 is 11.9 Å². The number of aromatic hydroxyl groups is 1. The lowest BCUT2D eigenvalue weighted by Crippen LogP contribution is -2.36. The van der Waals surface area contributed by atoms with E-state index in [0.717, 1.165) is 30.4 Å². The number of amides is 2. The van der Waals surface area contributed by atoms with Crippen molar-refractivity contribution in [3.05, 3.63) is 56.9 Å². The Morgan fingerprint density at radius 1 is 1.08 bits per heavy atom. The molecule has 1 aliphatic heterocycles. The maximum Gasteiger partial charge on any atom is 0.336 e. The maximum atomic E-state index is 11.7. The van der Waals surface area contributed by atoms with Crippen molar-refractivity contribution < 1.29 is 34.5 Å². The number of hydrogen-bond donors (Lipinski definition) is 5. The minimum atomic E-state index is -1.50. The molecule has 2 rings (SSSR count). The number of rotatable bonds is 4. The molecule has 10 nitrogen and oxygen atoms in total. The van der Waals surface area contributed by atoms with Gasteiger partial charge in [0.2, 0.25) is 0 Å². The van der Waals surface area contributed by atoms with Gasteiger partial charge in [-0.05, 0) is 12.2 Å². The van der Waals surface area contributed by atoms with Crippen LogP contribution < -0.4 is 10.9 Å². The van der Waals surface area contributed by atoms with Crippen molar-refractivity contribution in [3.63, 3.8) is 0 Å². The van der Waals surface area contributed by atoms with Gasteiger partial charge in [-0.15, -0.1) is 0 Å². The van der Waals surface area contributed by atoms with Crippen LogP contribution in [0.4, 0.5) is 0 Å². The predicted octanol–water partition coefficient (Wildman–Crippen LogP) is -0.614. The van der Waals surface area contributed by atoms with Gasteiger partial charge in [0.05, 0.1) is 16.7 Å². The van der Waals surface area contributed by atoms with Crippen molar-refractivity contribution in [1.82, 2.24) is 10.3 Å². The molecule has 1 aromatic heterocycles. The number of imide groups is 1. The van der Waals surface area contributed by atoms with Crippen LogP contribution in [0.15, 0.2) is 40.2 Å². The Morgan fingerprint density at radius 3 is 2.36 bits per heavy atom. The van der Waals surface area contributed by atoms with E-state index in [-0.39, 0.29) is 11.1 Å². The number of aromatic carboxylic acids is 1. The summed E-state index contributed by atoms with van der Waals surface area (Å²) in [5, 5.41) is 29.6. The highest BCUT2D eigenvalue weighted by atomic mass is 16.4. The molecule has 2 amide bonds. The monoisotopic (exact) mass is 346 g/mol. The molecular formula is C15H10N2O8. The van der Waals surface area contributed by atoms with E-state index in [4.69, 9.17) is 10.2 Å². The van der Waals surface area contributed by atoms with E-state index in [1.54, 1.807) is 0 Å². The van der Waals surface area contributed by atoms with Crippen molar-refractivity contribution in [3.8, 4) is 5.88 Å². The van der Waals surface area contributed by atoms with Gasteiger partial charge in [0.25, 0.3) is 17.4 Å². The SMILES string of the molecule is O=C1C=C(C(=O)O)C(=CC=Cc2c(C(=O)O)cc(=O)[nH]c2O)C(=O)N1. The summed E-state index contributed by atoms with van der Waals surface area (Å²) in [5.74, 6) is -5.51. The normalized spacial score (nSPS) is 16.0. The summed E-state index contributed by atoms with van der Waals surface area (Å²) in [6.07, 6.45) is 3.91. The van der Waals surface area contributed by atoms with Crippen LogP contribution >= 0.6 is 0 Å². The molecule has 0 saturated carbocycles. The van der Waals surface area contributed by atoms with Gasteiger partial charge in [-0.3, -0.25) is 24.7 Å². The topological polar surface area (TPSA) is 174 Å². The van der Waals surface area contributed by atoms with Crippen LogP contribution in [0.25, 0.3) is 6.08 Å². The quantitative estimate of drug-likeness (QED) is 0.354. The number of carbonyl (C=O) groups excluding carboxylic acids is 2. The number of aromatic nitrogens is 1. The molecule has 0 fully saturated rings. The number of carboxylic acid groups (broad SMARTS) is 2. The summed E-state index contributed by atoms with van der Waals surface area (Å²) in [6, 6.07) is 0.753. The van der Waals surface area contributed by atoms with Crippen molar-refractivity contribution >= 4 is 29.8 Å². The van der Waals surface area contributed by atoms with E-state index < -0.39 is 46.3 Å². The lowest BCUT2D eigenvalue weighted by molar-refractivity contribution is -0.134. The number of carboxylic acids is 2. The van der Waals surface area contributed by atoms with Crippen molar-refractivity contribution in [2.45, 2.75) is 0 Å². The van der Waals surface area contributed by atoms with Gasteiger partial charge in [0.15, 0.2) is 5.88 Å². The number of nitrogens with one attached hydrogen (secondary N) is 2. The van der Waals surface area contributed by atoms with Gasteiger partial charge in [-0.1, -0.05) is 6.08 Å². The van der Waals surface area contributed by atoms with Crippen molar-refractivity contribution in [2.75, 3.05) is 0 Å². The maximum absolute atomic E-state index is 11.7. The first-order valence-electron chi connectivity index (χ1n) is 6.59. The molecule has 0 spiro atoms. The van der Waals surface area contributed by atoms with E-state index in [0.29, 0.717) is 0 Å². The van der Waals surface area contributed by atoms with Gasteiger partial charge in [0.1, 0.15) is 0 Å². The lowest BCUT2D eigenvalue weighted by Gasteiger charge is -2.12. The lowest BCUT2D eigenvalue weighted by atomic mass is 10.0. The van der Waals surface area contributed by atoms with Crippen molar-refractivity contribution in [1.29, 1.82) is 0 Å². The second-order valence-electron chi connectivity index (χ2n) is 4.74. The van der Waals surface area contributed by atoms with E-state index in [1.165, 1.54) is 0 Å². The molecule has 0 aliphatic carbocycles. The molecule has 0 unspecified atom stereocenters. The molecule has 1 aliphatic rings. The molecule has 0 saturated heterocycles. The number of aliphatic carboxylic acids is 1. The second-order valence-corrected chi connectivity index (χ2v) is 4.74. The van der Waals surface area contributed by atoms with Crippen LogP contribution in [-0.2, 0) is 14.4 Å². The molecule has 0 aromatic carbocycles. The Labute approximate surface area is 138 Å². The Hall–Kier alpha value is -3.95. The minimum Gasteiger partial charge on any atom is -0.494 e. The zero-order valence-electron chi connectivity index (χ0n) is 12.3. The Bertz CT molecular complexity index is 949. The molecule has 5 N–H and O–H groups in total. The average Bonchev–Trinajstić information content (AvgIpc) is 2.49. The van der Waals surface area contributed by atoms with Crippen LogP contribution in [0.2, 0.25) is 0 Å². The van der Waals surface area contributed by atoms with Crippen molar-refractivity contribution in [2.24, 2.45) is 0 Å². The Morgan fingerprint density at radius 2 is 1.76 bits per heavy atom. The summed E-state index contributed by atoms with van der Waals surface area (Å²) >= 11 is 0. The molecule has 10 heteroatoms. The number of aromatic amines is 1. The standard InChI is InChI=1S/C15H10N2O8/c18-10-4-8(14(22)23)6(12(20)16-10)2-1-3-7-9(15(24)25)5-11(19)17-13(7)21/h1-5H,(H,22,23)(H,24,25)(H,16,18,20)(H2,17,19,21). The van der Waals surface area contributed by atoms with Crippen LogP contribution in [0.3, 0.4) is 0 Å². The highest BCUT2D eigenvalue weighted by Gasteiger charge is 2.26. The van der Waals surface area contributed by atoms with Gasteiger partial charge in [-0.25, -0.2) is 9.59 Å². The van der Waals surface area contributed by atoms with Crippen LogP contribution in [0.5, 0.6) is 5.88 Å². The average molecular weight is 346 g/mol. The van der Waals surface area contributed by atoms with E-state index in [1.807, 2.05) is 10.3 Å². The Kier molecular flexibility index (Phi) is 4.64. The first kappa shape index (κ1) is 17.4. The molecule has 0 radical (unpaired) electrons. The van der Waals surface area contributed by atoms with Gasteiger partial charge < -0.3 is 15.3 Å². The zero-order chi connectivity index (χ0) is 18.7. The summed E-state index contributed by atoms with van der Waals surface area (Å²) < 4.78 is 0. The highest BCUT2D eigenvalue weighted by Crippen LogP contribution is 2.20. The fraction of sp³-hybridized carbons (Fsp3) is 0. The molecule has 25 heavy (non-hydrogen) atoms. The number of hydrogen-bond acceptors (Lipinski definition) is 6. The van der Waals surface area contributed by atoms with Gasteiger partial charge in [0, 0.05) is 17.7 Å². The molecule has 2 heterocycles. The van der Waals surface area contributed by atoms with Crippen LogP contribution in [0.1, 0.15) is 15.9 Å². The molecule has 1 aromatic rings. The molecular weight excluding hydrogens is 336 g/mol. The molecule has 0 bridgehead atoms. The minimum absolute atomic E-state index is 0.253. The summed E-state index contributed by atoms with van der Waals surface area (Å²) in [6.45, 7) is 0. The zero-order valence-corrected chi connectivity index (χ0v) is 12.3. The third-order valence-corrected chi connectivity index (χ3v) is 3.10.